The van der Waals surface area contributed by atoms with Crippen molar-refractivity contribution in [2.24, 2.45) is 0 Å². The van der Waals surface area contributed by atoms with Crippen molar-refractivity contribution in [3.05, 3.63) is 9.09 Å². The smallest absolute Gasteiger partial charge is 0.241 e. The summed E-state index contributed by atoms with van der Waals surface area (Å²) < 4.78 is 2.08. The molecule has 1 rings (SSSR count). The van der Waals surface area contributed by atoms with Crippen LogP contribution in [-0.2, 0) is 4.79 Å². The van der Waals surface area contributed by atoms with Gasteiger partial charge in [0.25, 0.3) is 0 Å². The van der Waals surface area contributed by atoms with Crippen molar-refractivity contribution in [2.45, 2.75) is 70.9 Å². The van der Waals surface area contributed by atoms with Crippen molar-refractivity contribution in [2.75, 3.05) is 14.1 Å². The zero-order valence-electron chi connectivity index (χ0n) is 14.4. The van der Waals surface area contributed by atoms with E-state index in [0.29, 0.717) is 0 Å². The standard InChI is InChI=1S/C16H29Br2N3O/c1-6-8-10-16(11-9-7-2)13(17)14(18)19-21(16)12(3)15(22)20(4)5/h12,19H,6-11H2,1-5H3. The molecule has 1 heterocycles. The number of nitrogens with one attached hydrogen (secondary N) is 1. The summed E-state index contributed by atoms with van der Waals surface area (Å²) in [5, 5.41) is 2.15. The van der Waals surface area contributed by atoms with Crippen molar-refractivity contribution in [1.29, 1.82) is 0 Å². The molecule has 0 aliphatic carbocycles. The lowest BCUT2D eigenvalue weighted by Gasteiger charge is -2.42. The third-order valence-electron chi connectivity index (χ3n) is 4.35. The second-order valence-electron chi connectivity index (χ2n) is 6.26. The monoisotopic (exact) mass is 437 g/mol. The topological polar surface area (TPSA) is 35.6 Å². The van der Waals surface area contributed by atoms with Gasteiger partial charge in [0.15, 0.2) is 0 Å². The summed E-state index contributed by atoms with van der Waals surface area (Å²) in [4.78, 5) is 14.1. The Kier molecular flexibility index (Phi) is 7.89. The Balaban J connectivity index is 3.14. The highest BCUT2D eigenvalue weighted by atomic mass is 79.9. The van der Waals surface area contributed by atoms with E-state index in [2.05, 4.69) is 56.1 Å². The summed E-state index contributed by atoms with van der Waals surface area (Å²) in [6.45, 7) is 6.40. The molecule has 0 saturated carbocycles. The number of carbonyl (C=O) groups excluding carboxylic acids is 1. The average Bonchev–Trinajstić information content (AvgIpc) is 2.74. The van der Waals surface area contributed by atoms with E-state index in [-0.39, 0.29) is 17.5 Å². The predicted octanol–water partition coefficient (Wildman–Crippen LogP) is 4.36. The molecular weight excluding hydrogens is 410 g/mol. The van der Waals surface area contributed by atoms with E-state index in [4.69, 9.17) is 0 Å². The van der Waals surface area contributed by atoms with Crippen LogP contribution in [0.25, 0.3) is 0 Å². The number of hydrazine groups is 1. The molecule has 0 spiro atoms. The van der Waals surface area contributed by atoms with Gasteiger partial charge in [0, 0.05) is 18.6 Å². The normalized spacial score (nSPS) is 19.2. The van der Waals surface area contributed by atoms with E-state index in [1.54, 1.807) is 4.90 Å². The van der Waals surface area contributed by atoms with Crippen LogP contribution < -0.4 is 5.43 Å². The minimum Gasteiger partial charge on any atom is -0.347 e. The number of hydrogen-bond acceptors (Lipinski definition) is 3. The minimum atomic E-state index is -0.216. The van der Waals surface area contributed by atoms with Gasteiger partial charge in [-0.2, -0.15) is 5.01 Å². The summed E-state index contributed by atoms with van der Waals surface area (Å²) in [6.07, 6.45) is 6.65. The lowest BCUT2D eigenvalue weighted by Crippen LogP contribution is -2.58. The van der Waals surface area contributed by atoms with Crippen LogP contribution in [0.1, 0.15) is 59.3 Å². The molecule has 0 aromatic heterocycles. The summed E-state index contributed by atoms with van der Waals surface area (Å²) in [5.74, 6) is 0.118. The van der Waals surface area contributed by atoms with Crippen molar-refractivity contribution in [3.8, 4) is 0 Å². The molecule has 1 atom stereocenters. The zero-order valence-corrected chi connectivity index (χ0v) is 17.6. The Bertz CT molecular complexity index is 416. The maximum atomic E-state index is 12.5. The van der Waals surface area contributed by atoms with Crippen LogP contribution in [0.2, 0.25) is 0 Å². The number of halogens is 2. The van der Waals surface area contributed by atoms with E-state index in [1.165, 1.54) is 0 Å². The fourth-order valence-electron chi connectivity index (χ4n) is 3.05. The molecule has 1 aliphatic rings. The van der Waals surface area contributed by atoms with Crippen LogP contribution in [0.4, 0.5) is 0 Å². The van der Waals surface area contributed by atoms with E-state index < -0.39 is 0 Å². The van der Waals surface area contributed by atoms with E-state index >= 15 is 0 Å². The predicted molar refractivity (Wildman–Crippen MR) is 99.8 cm³/mol. The van der Waals surface area contributed by atoms with E-state index in [9.17, 15) is 4.79 Å². The molecule has 0 aromatic carbocycles. The Hall–Kier alpha value is -0.0700. The first kappa shape index (κ1) is 20.0. The van der Waals surface area contributed by atoms with Crippen LogP contribution in [-0.4, -0.2) is 41.5 Å². The van der Waals surface area contributed by atoms with Gasteiger partial charge in [0.2, 0.25) is 5.91 Å². The van der Waals surface area contributed by atoms with Gasteiger partial charge in [-0.05, 0) is 35.7 Å². The van der Waals surface area contributed by atoms with Crippen LogP contribution in [0.5, 0.6) is 0 Å². The largest absolute Gasteiger partial charge is 0.347 e. The molecule has 0 aromatic rings. The molecule has 1 aliphatic heterocycles. The molecule has 0 saturated heterocycles. The Morgan fingerprint density at radius 3 is 2.14 bits per heavy atom. The Labute approximate surface area is 151 Å². The maximum Gasteiger partial charge on any atom is 0.241 e. The SMILES string of the molecule is CCCCC1(CCCC)C(Br)=C(Br)NN1C(C)C(=O)N(C)C. The van der Waals surface area contributed by atoms with Gasteiger partial charge in [-0.1, -0.05) is 55.5 Å². The van der Waals surface area contributed by atoms with Gasteiger partial charge < -0.3 is 10.3 Å². The number of rotatable bonds is 8. The maximum absolute atomic E-state index is 12.5. The Morgan fingerprint density at radius 2 is 1.73 bits per heavy atom. The molecule has 128 valence electrons. The molecule has 4 nitrogen and oxygen atoms in total. The van der Waals surface area contributed by atoms with Crippen LogP contribution >= 0.6 is 31.9 Å². The zero-order chi connectivity index (χ0) is 16.9. The number of nitrogens with zero attached hydrogens (tertiary/aromatic N) is 2. The van der Waals surface area contributed by atoms with Crippen LogP contribution in [0.3, 0.4) is 0 Å². The summed E-state index contributed by atoms with van der Waals surface area (Å²) in [7, 11) is 3.62. The first-order valence-electron chi connectivity index (χ1n) is 8.14. The Morgan fingerprint density at radius 1 is 1.23 bits per heavy atom. The molecular formula is C16H29Br2N3O. The molecule has 1 unspecified atom stereocenters. The lowest BCUT2D eigenvalue weighted by atomic mass is 9.86. The van der Waals surface area contributed by atoms with Crippen LogP contribution in [0.15, 0.2) is 9.09 Å². The van der Waals surface area contributed by atoms with E-state index in [1.807, 2.05) is 21.0 Å². The summed E-state index contributed by atoms with van der Waals surface area (Å²) in [6, 6.07) is -0.216. The first-order valence-corrected chi connectivity index (χ1v) is 9.73. The van der Waals surface area contributed by atoms with Gasteiger partial charge in [-0.25, -0.2) is 0 Å². The van der Waals surface area contributed by atoms with Gasteiger partial charge in [0.05, 0.1) is 5.54 Å². The number of likely N-dealkylation sites (N-methyl/N-ethyl adjacent to an activating group) is 1. The second kappa shape index (κ2) is 8.69. The number of unbranched alkanes of at least 4 members (excludes halogenated alkanes) is 2. The number of hydrogen-bond donors (Lipinski definition) is 1. The van der Waals surface area contributed by atoms with Crippen molar-refractivity contribution in [1.82, 2.24) is 15.3 Å². The van der Waals surface area contributed by atoms with Gasteiger partial charge >= 0.3 is 0 Å². The van der Waals surface area contributed by atoms with Crippen molar-refractivity contribution < 1.29 is 4.79 Å². The molecule has 1 N–H and O–H groups in total. The third kappa shape index (κ3) is 4.06. The van der Waals surface area contributed by atoms with Gasteiger partial charge in [-0.3, -0.25) is 4.79 Å². The highest BCUT2D eigenvalue weighted by Crippen LogP contribution is 2.45. The number of amides is 1. The summed E-state index contributed by atoms with van der Waals surface area (Å²) in [5.41, 5.74) is 3.24. The third-order valence-corrected chi connectivity index (χ3v) is 6.59. The highest BCUT2D eigenvalue weighted by Gasteiger charge is 2.48. The molecule has 6 heteroatoms. The highest BCUT2D eigenvalue weighted by molar-refractivity contribution is 9.14. The molecule has 22 heavy (non-hydrogen) atoms. The van der Waals surface area contributed by atoms with Crippen LogP contribution in [0, 0.1) is 0 Å². The fraction of sp³-hybridized carbons (Fsp3) is 0.812. The lowest BCUT2D eigenvalue weighted by molar-refractivity contribution is -0.137. The minimum absolute atomic E-state index is 0.118. The average molecular weight is 439 g/mol. The molecule has 0 radical (unpaired) electrons. The quantitative estimate of drug-likeness (QED) is 0.571. The first-order chi connectivity index (χ1) is 10.3. The van der Waals surface area contributed by atoms with Gasteiger partial charge in [0.1, 0.15) is 10.6 Å². The number of carbonyl (C=O) groups is 1. The van der Waals surface area contributed by atoms with Gasteiger partial charge in [-0.15, -0.1) is 0 Å². The molecule has 1 amide bonds. The summed E-state index contributed by atoms with van der Waals surface area (Å²) >= 11 is 7.40. The van der Waals surface area contributed by atoms with E-state index in [0.717, 1.165) is 47.6 Å². The fourth-order valence-corrected chi connectivity index (χ4v) is 4.28. The molecule has 0 bridgehead atoms. The van der Waals surface area contributed by atoms with Crippen molar-refractivity contribution in [3.63, 3.8) is 0 Å². The van der Waals surface area contributed by atoms with Crippen molar-refractivity contribution >= 4 is 37.8 Å². The second-order valence-corrected chi connectivity index (χ2v) is 7.84. The molecule has 0 fully saturated rings.